The molecule has 3 nitrogen and oxygen atoms in total. The minimum atomic E-state index is -4.63. The van der Waals surface area contributed by atoms with Gasteiger partial charge in [-0.25, -0.2) is 4.98 Å². The third kappa shape index (κ3) is 2.85. The quantitative estimate of drug-likeness (QED) is 0.834. The van der Waals surface area contributed by atoms with Crippen molar-refractivity contribution in [3.63, 3.8) is 0 Å². The number of rotatable bonds is 2. The largest absolute Gasteiger partial charge is 0.435 e. The number of likely N-dealkylation sites (tertiary alicyclic amines) is 1. The summed E-state index contributed by atoms with van der Waals surface area (Å²) < 4.78 is 39.6. The Kier molecular flexibility index (Phi) is 3.90. The zero-order chi connectivity index (χ0) is 15.7. The summed E-state index contributed by atoms with van der Waals surface area (Å²) in [6.07, 6.45) is -2.97. The highest BCUT2D eigenvalue weighted by Crippen LogP contribution is 2.38. The van der Waals surface area contributed by atoms with Crippen LogP contribution in [0.5, 0.6) is 0 Å². The number of hydrogen-bond donors (Lipinski definition) is 0. The van der Waals surface area contributed by atoms with Crippen molar-refractivity contribution in [2.75, 3.05) is 13.1 Å². The summed E-state index contributed by atoms with van der Waals surface area (Å²) >= 11 is 0.812. The lowest BCUT2D eigenvalue weighted by atomic mass is 10.2. The van der Waals surface area contributed by atoms with Gasteiger partial charge in [0, 0.05) is 18.7 Å². The van der Waals surface area contributed by atoms with Gasteiger partial charge < -0.3 is 4.90 Å². The van der Waals surface area contributed by atoms with E-state index in [1.165, 1.54) is 4.90 Å². The molecule has 1 aromatic carbocycles. The van der Waals surface area contributed by atoms with Crippen molar-refractivity contribution in [3.8, 4) is 10.6 Å². The molecule has 0 saturated carbocycles. The van der Waals surface area contributed by atoms with Gasteiger partial charge in [-0.05, 0) is 12.8 Å². The maximum atomic E-state index is 13.2. The van der Waals surface area contributed by atoms with Crippen molar-refractivity contribution >= 4 is 17.2 Å². The molecule has 0 atom stereocenters. The van der Waals surface area contributed by atoms with Crippen molar-refractivity contribution < 1.29 is 18.0 Å². The molecule has 0 bridgehead atoms. The first-order valence-electron chi connectivity index (χ1n) is 6.89. The van der Waals surface area contributed by atoms with Gasteiger partial charge >= 0.3 is 6.18 Å². The first kappa shape index (κ1) is 15.0. The number of halogens is 3. The molecule has 3 rings (SSSR count). The SMILES string of the molecule is O=C(c1sc(-c2ccccc2)nc1C(F)(F)F)N1CCCC1. The minimum Gasteiger partial charge on any atom is -0.338 e. The second kappa shape index (κ2) is 5.72. The van der Waals surface area contributed by atoms with Crippen LogP contribution in [0.2, 0.25) is 0 Å². The van der Waals surface area contributed by atoms with Crippen molar-refractivity contribution in [2.45, 2.75) is 19.0 Å². The molecular formula is C15H13F3N2OS. The van der Waals surface area contributed by atoms with E-state index in [-0.39, 0.29) is 9.88 Å². The minimum absolute atomic E-state index is 0.218. The Morgan fingerprint density at radius 3 is 2.36 bits per heavy atom. The second-order valence-electron chi connectivity index (χ2n) is 5.06. The van der Waals surface area contributed by atoms with Crippen LogP contribution in [0.25, 0.3) is 10.6 Å². The third-order valence-corrected chi connectivity index (χ3v) is 4.60. The molecular weight excluding hydrogens is 313 g/mol. The van der Waals surface area contributed by atoms with Gasteiger partial charge in [0.15, 0.2) is 5.69 Å². The second-order valence-corrected chi connectivity index (χ2v) is 6.06. The summed E-state index contributed by atoms with van der Waals surface area (Å²) in [7, 11) is 0. The van der Waals surface area contributed by atoms with E-state index in [1.807, 2.05) is 0 Å². The normalized spacial score (nSPS) is 15.3. The van der Waals surface area contributed by atoms with E-state index in [2.05, 4.69) is 4.98 Å². The first-order chi connectivity index (χ1) is 10.5. The van der Waals surface area contributed by atoms with Crippen LogP contribution in [-0.2, 0) is 6.18 Å². The number of amides is 1. The van der Waals surface area contributed by atoms with E-state index in [4.69, 9.17) is 0 Å². The van der Waals surface area contributed by atoms with Gasteiger partial charge in [0.05, 0.1) is 0 Å². The maximum absolute atomic E-state index is 13.2. The molecule has 0 radical (unpaired) electrons. The molecule has 1 fully saturated rings. The zero-order valence-corrected chi connectivity index (χ0v) is 12.4. The number of carbonyl (C=O) groups is 1. The van der Waals surface area contributed by atoms with Crippen LogP contribution in [0, 0.1) is 0 Å². The van der Waals surface area contributed by atoms with Crippen molar-refractivity contribution in [3.05, 3.63) is 40.9 Å². The lowest BCUT2D eigenvalue weighted by molar-refractivity contribution is -0.141. The molecule has 7 heteroatoms. The molecule has 2 aromatic rings. The Morgan fingerprint density at radius 1 is 1.14 bits per heavy atom. The van der Waals surface area contributed by atoms with Gasteiger partial charge in [-0.15, -0.1) is 11.3 Å². The molecule has 1 aliphatic heterocycles. The monoisotopic (exact) mass is 326 g/mol. The highest BCUT2D eigenvalue weighted by molar-refractivity contribution is 7.17. The molecule has 22 heavy (non-hydrogen) atoms. The fourth-order valence-corrected chi connectivity index (χ4v) is 3.48. The standard InChI is InChI=1S/C15H13F3N2OS/c16-15(17,18)12-11(14(21)20-8-4-5-9-20)22-13(19-12)10-6-2-1-3-7-10/h1-3,6-7H,4-5,8-9H2. The van der Waals surface area contributed by atoms with E-state index in [1.54, 1.807) is 30.3 Å². The summed E-state index contributed by atoms with van der Waals surface area (Å²) in [5.41, 5.74) is -0.494. The summed E-state index contributed by atoms with van der Waals surface area (Å²) in [5, 5.41) is 0.218. The van der Waals surface area contributed by atoms with Crippen LogP contribution < -0.4 is 0 Å². The molecule has 0 spiro atoms. The van der Waals surface area contributed by atoms with E-state index < -0.39 is 17.8 Å². The molecule has 2 heterocycles. The Balaban J connectivity index is 2.04. The molecule has 0 N–H and O–H groups in total. The van der Waals surface area contributed by atoms with Gasteiger partial charge in [0.25, 0.3) is 5.91 Å². The molecule has 0 unspecified atom stereocenters. The molecule has 1 saturated heterocycles. The number of benzene rings is 1. The Morgan fingerprint density at radius 2 is 1.77 bits per heavy atom. The third-order valence-electron chi connectivity index (χ3n) is 3.50. The zero-order valence-electron chi connectivity index (χ0n) is 11.6. The van der Waals surface area contributed by atoms with Gasteiger partial charge in [-0.2, -0.15) is 13.2 Å². The van der Waals surface area contributed by atoms with Crippen LogP contribution in [0.15, 0.2) is 30.3 Å². The fourth-order valence-electron chi connectivity index (χ4n) is 2.43. The van der Waals surface area contributed by atoms with Gasteiger partial charge in [-0.3, -0.25) is 4.79 Å². The highest BCUT2D eigenvalue weighted by Gasteiger charge is 2.41. The molecule has 1 aliphatic rings. The Bertz CT molecular complexity index is 676. The summed E-state index contributed by atoms with van der Waals surface area (Å²) in [6, 6.07) is 8.60. The first-order valence-corrected chi connectivity index (χ1v) is 7.71. The van der Waals surface area contributed by atoms with Crippen molar-refractivity contribution in [2.24, 2.45) is 0 Å². The number of carbonyl (C=O) groups excluding carboxylic acids is 1. The number of hydrogen-bond acceptors (Lipinski definition) is 3. The van der Waals surface area contributed by atoms with Gasteiger partial charge in [-0.1, -0.05) is 30.3 Å². The predicted molar refractivity (Wildman–Crippen MR) is 77.7 cm³/mol. The number of thiazole rings is 1. The van der Waals surface area contributed by atoms with E-state index in [0.29, 0.717) is 18.7 Å². The maximum Gasteiger partial charge on any atom is 0.435 e. The molecule has 0 aliphatic carbocycles. The van der Waals surface area contributed by atoms with Gasteiger partial charge in [0.1, 0.15) is 9.88 Å². The van der Waals surface area contributed by atoms with E-state index >= 15 is 0 Å². The van der Waals surface area contributed by atoms with Crippen LogP contribution in [0.1, 0.15) is 28.2 Å². The van der Waals surface area contributed by atoms with Crippen molar-refractivity contribution in [1.29, 1.82) is 0 Å². The molecule has 1 aromatic heterocycles. The molecule has 1 amide bonds. The topological polar surface area (TPSA) is 33.2 Å². The predicted octanol–water partition coefficient (Wildman–Crippen LogP) is 4.06. The number of nitrogens with zero attached hydrogens (tertiary/aromatic N) is 2. The van der Waals surface area contributed by atoms with Crippen molar-refractivity contribution in [1.82, 2.24) is 9.88 Å². The van der Waals surface area contributed by atoms with Crippen LogP contribution >= 0.6 is 11.3 Å². The van der Waals surface area contributed by atoms with E-state index in [0.717, 1.165) is 24.2 Å². The Labute approximate surface area is 129 Å². The number of alkyl halides is 3. The smallest absolute Gasteiger partial charge is 0.338 e. The average Bonchev–Trinajstić information content (AvgIpc) is 3.16. The highest BCUT2D eigenvalue weighted by atomic mass is 32.1. The van der Waals surface area contributed by atoms with Gasteiger partial charge in [0.2, 0.25) is 0 Å². The molecule has 116 valence electrons. The summed E-state index contributed by atoms with van der Waals surface area (Å²) in [5.74, 6) is -0.565. The average molecular weight is 326 g/mol. The lowest BCUT2D eigenvalue weighted by Gasteiger charge is -2.15. The van der Waals surface area contributed by atoms with Crippen LogP contribution in [-0.4, -0.2) is 28.9 Å². The van der Waals surface area contributed by atoms with Crippen LogP contribution in [0.3, 0.4) is 0 Å². The summed E-state index contributed by atoms with van der Waals surface area (Å²) in [6.45, 7) is 1.02. The van der Waals surface area contributed by atoms with E-state index in [9.17, 15) is 18.0 Å². The lowest BCUT2D eigenvalue weighted by Crippen LogP contribution is -2.28. The summed E-state index contributed by atoms with van der Waals surface area (Å²) in [4.78, 5) is 17.2. The number of aromatic nitrogens is 1. The Hall–Kier alpha value is -1.89. The van der Waals surface area contributed by atoms with Crippen LogP contribution in [0.4, 0.5) is 13.2 Å². The fraction of sp³-hybridized carbons (Fsp3) is 0.333.